The Labute approximate surface area is 86.0 Å². The molecule has 14 heavy (non-hydrogen) atoms. The fourth-order valence-electron chi connectivity index (χ4n) is 2.81. The van der Waals surface area contributed by atoms with Crippen LogP contribution in [-0.2, 0) is 4.74 Å². The minimum absolute atomic E-state index is 0.133. The van der Waals surface area contributed by atoms with E-state index in [4.69, 9.17) is 4.74 Å². The number of aliphatic hydroxyl groups excluding tert-OH is 1. The van der Waals surface area contributed by atoms with Gasteiger partial charge in [-0.25, -0.2) is 0 Å². The Morgan fingerprint density at radius 1 is 1.57 bits per heavy atom. The lowest BCUT2D eigenvalue weighted by atomic mass is 9.94. The normalized spacial score (nSPS) is 38.1. The maximum atomic E-state index is 9.67. The maximum Gasteiger partial charge on any atom is 0.0685 e. The molecule has 2 aliphatic heterocycles. The van der Waals surface area contributed by atoms with E-state index in [0.29, 0.717) is 6.10 Å². The van der Waals surface area contributed by atoms with Crippen molar-refractivity contribution < 1.29 is 9.84 Å². The molecule has 0 aromatic rings. The van der Waals surface area contributed by atoms with E-state index in [1.165, 1.54) is 12.8 Å². The molecule has 2 fully saturated rings. The second kappa shape index (κ2) is 3.80. The van der Waals surface area contributed by atoms with Gasteiger partial charge in [0, 0.05) is 12.1 Å². The lowest BCUT2D eigenvalue weighted by molar-refractivity contribution is 0.00233. The Kier molecular flexibility index (Phi) is 2.82. The fourth-order valence-corrected chi connectivity index (χ4v) is 2.81. The van der Waals surface area contributed by atoms with Crippen LogP contribution in [0, 0.1) is 0 Å². The summed E-state index contributed by atoms with van der Waals surface area (Å²) < 4.78 is 5.73. The largest absolute Gasteiger partial charge is 0.392 e. The predicted molar refractivity (Wildman–Crippen MR) is 55.2 cm³/mol. The van der Waals surface area contributed by atoms with Crippen molar-refractivity contribution >= 4 is 0 Å². The van der Waals surface area contributed by atoms with Gasteiger partial charge in [-0.05, 0) is 39.7 Å². The zero-order chi connectivity index (χ0) is 10.2. The number of β-amino-alcohol motifs (C(OH)–C–C–N with tert-alkyl or cyclic N) is 1. The van der Waals surface area contributed by atoms with E-state index in [9.17, 15) is 5.11 Å². The van der Waals surface area contributed by atoms with Crippen LogP contribution in [0.3, 0.4) is 0 Å². The molecule has 0 bridgehead atoms. The first kappa shape index (κ1) is 10.4. The van der Waals surface area contributed by atoms with E-state index >= 15 is 0 Å². The van der Waals surface area contributed by atoms with Crippen LogP contribution in [-0.4, -0.2) is 47.4 Å². The summed E-state index contributed by atoms with van der Waals surface area (Å²) in [6, 6.07) is 0. The molecule has 82 valence electrons. The SMILES string of the molecule is CC(C)OC[C@@]12CCCN1C[C@H](O)C2. The highest BCUT2D eigenvalue weighted by Gasteiger charge is 2.48. The van der Waals surface area contributed by atoms with Crippen LogP contribution in [0.2, 0.25) is 0 Å². The molecule has 2 saturated heterocycles. The van der Waals surface area contributed by atoms with E-state index in [-0.39, 0.29) is 11.6 Å². The number of fused-ring (bicyclic) bond motifs is 1. The molecule has 3 heteroatoms. The van der Waals surface area contributed by atoms with E-state index in [1.54, 1.807) is 0 Å². The van der Waals surface area contributed by atoms with Crippen LogP contribution in [0.5, 0.6) is 0 Å². The van der Waals surface area contributed by atoms with Crippen LogP contribution in [0.4, 0.5) is 0 Å². The molecule has 0 aliphatic carbocycles. The van der Waals surface area contributed by atoms with Crippen molar-refractivity contribution in [3.05, 3.63) is 0 Å². The van der Waals surface area contributed by atoms with E-state index in [1.807, 2.05) is 0 Å². The minimum atomic E-state index is -0.133. The molecule has 0 amide bonds. The zero-order valence-electron chi connectivity index (χ0n) is 9.20. The molecule has 2 rings (SSSR count). The van der Waals surface area contributed by atoms with Crippen LogP contribution < -0.4 is 0 Å². The Hall–Kier alpha value is -0.120. The standard InChI is InChI=1S/C11H21NO2/c1-9(2)14-8-11-4-3-5-12(11)7-10(13)6-11/h9-10,13H,3-8H2,1-2H3/t10-,11+/m1/s1. The van der Waals surface area contributed by atoms with Gasteiger partial charge < -0.3 is 9.84 Å². The smallest absolute Gasteiger partial charge is 0.0685 e. The number of aliphatic hydroxyl groups is 1. The predicted octanol–water partition coefficient (Wildman–Crippen LogP) is 1.01. The van der Waals surface area contributed by atoms with Gasteiger partial charge in [-0.1, -0.05) is 0 Å². The summed E-state index contributed by atoms with van der Waals surface area (Å²) in [7, 11) is 0. The van der Waals surface area contributed by atoms with Crippen molar-refractivity contribution in [2.45, 2.75) is 50.9 Å². The van der Waals surface area contributed by atoms with Gasteiger partial charge in [0.25, 0.3) is 0 Å². The maximum absolute atomic E-state index is 9.67. The van der Waals surface area contributed by atoms with Gasteiger partial charge in [0.1, 0.15) is 0 Å². The van der Waals surface area contributed by atoms with E-state index < -0.39 is 0 Å². The monoisotopic (exact) mass is 199 g/mol. The third-order valence-corrected chi connectivity index (χ3v) is 3.47. The molecule has 2 aliphatic rings. The second-order valence-corrected chi connectivity index (χ2v) is 4.99. The second-order valence-electron chi connectivity index (χ2n) is 4.99. The highest BCUT2D eigenvalue weighted by molar-refractivity contribution is 5.03. The average molecular weight is 199 g/mol. The first-order valence-electron chi connectivity index (χ1n) is 5.67. The third-order valence-electron chi connectivity index (χ3n) is 3.47. The van der Waals surface area contributed by atoms with Crippen LogP contribution in [0.1, 0.15) is 33.1 Å². The molecule has 3 nitrogen and oxygen atoms in total. The fraction of sp³-hybridized carbons (Fsp3) is 1.00. The molecule has 2 heterocycles. The number of rotatable bonds is 3. The summed E-state index contributed by atoms with van der Waals surface area (Å²) in [5, 5.41) is 9.67. The lowest BCUT2D eigenvalue weighted by Gasteiger charge is -2.32. The topological polar surface area (TPSA) is 32.7 Å². The summed E-state index contributed by atoms with van der Waals surface area (Å²) in [5.74, 6) is 0. The summed E-state index contributed by atoms with van der Waals surface area (Å²) in [5.41, 5.74) is 0.170. The summed E-state index contributed by atoms with van der Waals surface area (Å²) in [4.78, 5) is 2.42. The molecule has 0 aromatic carbocycles. The number of hydrogen-bond acceptors (Lipinski definition) is 3. The van der Waals surface area contributed by atoms with Crippen LogP contribution in [0.25, 0.3) is 0 Å². The molecule has 0 radical (unpaired) electrons. The third kappa shape index (κ3) is 1.81. The Morgan fingerprint density at radius 3 is 3.07 bits per heavy atom. The Bertz CT molecular complexity index is 207. The summed E-state index contributed by atoms with van der Waals surface area (Å²) >= 11 is 0. The van der Waals surface area contributed by atoms with Crippen molar-refractivity contribution in [2.24, 2.45) is 0 Å². The molecule has 0 saturated carbocycles. The molecule has 1 N–H and O–H groups in total. The molecule has 0 unspecified atom stereocenters. The van der Waals surface area contributed by atoms with Crippen molar-refractivity contribution in [3.63, 3.8) is 0 Å². The van der Waals surface area contributed by atoms with E-state index in [0.717, 1.165) is 26.1 Å². The van der Waals surface area contributed by atoms with Gasteiger partial charge in [0.2, 0.25) is 0 Å². The number of nitrogens with zero attached hydrogens (tertiary/aromatic N) is 1. The number of hydrogen-bond donors (Lipinski definition) is 1. The zero-order valence-corrected chi connectivity index (χ0v) is 9.20. The molecule has 0 aromatic heterocycles. The molecule has 0 spiro atoms. The molecular weight excluding hydrogens is 178 g/mol. The number of ether oxygens (including phenoxy) is 1. The van der Waals surface area contributed by atoms with Gasteiger partial charge in [0.15, 0.2) is 0 Å². The van der Waals surface area contributed by atoms with Crippen molar-refractivity contribution in [1.29, 1.82) is 0 Å². The minimum Gasteiger partial charge on any atom is -0.392 e. The van der Waals surface area contributed by atoms with Gasteiger partial charge in [0.05, 0.1) is 18.8 Å². The Balaban J connectivity index is 1.98. The van der Waals surface area contributed by atoms with Gasteiger partial charge in [-0.15, -0.1) is 0 Å². The van der Waals surface area contributed by atoms with Crippen molar-refractivity contribution in [1.82, 2.24) is 4.90 Å². The quantitative estimate of drug-likeness (QED) is 0.736. The molecule has 2 atom stereocenters. The first-order valence-corrected chi connectivity index (χ1v) is 5.67. The summed E-state index contributed by atoms with van der Waals surface area (Å²) in [6.45, 7) is 6.92. The van der Waals surface area contributed by atoms with Crippen LogP contribution in [0.15, 0.2) is 0 Å². The highest BCUT2D eigenvalue weighted by Crippen LogP contribution is 2.39. The van der Waals surface area contributed by atoms with Crippen LogP contribution >= 0.6 is 0 Å². The Morgan fingerprint density at radius 2 is 2.36 bits per heavy atom. The average Bonchev–Trinajstić information content (AvgIpc) is 2.56. The lowest BCUT2D eigenvalue weighted by Crippen LogP contribution is -2.43. The van der Waals surface area contributed by atoms with Crippen molar-refractivity contribution in [3.8, 4) is 0 Å². The van der Waals surface area contributed by atoms with Crippen molar-refractivity contribution in [2.75, 3.05) is 19.7 Å². The highest BCUT2D eigenvalue weighted by atomic mass is 16.5. The van der Waals surface area contributed by atoms with Gasteiger partial charge >= 0.3 is 0 Å². The molecular formula is C11H21NO2. The van der Waals surface area contributed by atoms with E-state index in [2.05, 4.69) is 18.7 Å². The van der Waals surface area contributed by atoms with Gasteiger partial charge in [-0.2, -0.15) is 0 Å². The first-order chi connectivity index (χ1) is 6.62. The van der Waals surface area contributed by atoms with Gasteiger partial charge in [-0.3, -0.25) is 4.90 Å². The summed E-state index contributed by atoms with van der Waals surface area (Å²) in [6.07, 6.45) is 3.51.